The Balaban J connectivity index is 2.00. The van der Waals surface area contributed by atoms with E-state index in [-0.39, 0.29) is 5.75 Å². The number of alkyl halides is 3. The summed E-state index contributed by atoms with van der Waals surface area (Å²) in [6, 6.07) is 6.91. The maximum Gasteiger partial charge on any atom is 0.420 e. The molecule has 2 aromatic carbocycles. The first-order chi connectivity index (χ1) is 12.1. The number of benzene rings is 2. The molecule has 0 aromatic heterocycles. The van der Waals surface area contributed by atoms with E-state index in [1.807, 2.05) is 6.92 Å². The summed E-state index contributed by atoms with van der Waals surface area (Å²) in [6.45, 7) is 5.55. The van der Waals surface area contributed by atoms with Gasteiger partial charge in [-0.1, -0.05) is 6.58 Å². The molecule has 0 atom stereocenters. The van der Waals surface area contributed by atoms with Gasteiger partial charge in [0.05, 0.1) is 4.92 Å². The van der Waals surface area contributed by atoms with Crippen LogP contribution in [0.4, 0.5) is 18.9 Å². The minimum Gasteiger partial charge on any atom is -0.457 e. The molecule has 2 aromatic rings. The van der Waals surface area contributed by atoms with Crippen molar-refractivity contribution in [3.63, 3.8) is 0 Å². The van der Waals surface area contributed by atoms with E-state index in [2.05, 4.69) is 6.58 Å². The van der Waals surface area contributed by atoms with Crippen molar-refractivity contribution in [2.75, 3.05) is 0 Å². The summed E-state index contributed by atoms with van der Waals surface area (Å²) in [5, 5.41) is 10.7. The van der Waals surface area contributed by atoms with E-state index in [0.29, 0.717) is 17.6 Å². The molecule has 1 heterocycles. The Morgan fingerprint density at radius 1 is 1.19 bits per heavy atom. The molecule has 0 spiro atoms. The second-order valence-electron chi connectivity index (χ2n) is 5.59. The van der Waals surface area contributed by atoms with Crippen LogP contribution in [0.1, 0.15) is 18.1 Å². The smallest absolute Gasteiger partial charge is 0.420 e. The number of nitro benzene ring substituents is 1. The highest BCUT2D eigenvalue weighted by Gasteiger charge is 2.36. The lowest BCUT2D eigenvalue weighted by Crippen LogP contribution is -2.08. The second-order valence-corrected chi connectivity index (χ2v) is 5.59. The van der Waals surface area contributed by atoms with Crippen LogP contribution in [0.3, 0.4) is 0 Å². The van der Waals surface area contributed by atoms with Gasteiger partial charge in [-0.3, -0.25) is 10.1 Å². The zero-order chi connectivity index (χ0) is 19.1. The van der Waals surface area contributed by atoms with Gasteiger partial charge >= 0.3 is 6.18 Å². The van der Waals surface area contributed by atoms with Crippen LogP contribution in [0.5, 0.6) is 17.2 Å². The molecule has 0 saturated carbocycles. The first kappa shape index (κ1) is 17.5. The lowest BCUT2D eigenvalue weighted by molar-refractivity contribution is -0.385. The molecule has 8 heteroatoms. The van der Waals surface area contributed by atoms with E-state index in [9.17, 15) is 23.3 Å². The van der Waals surface area contributed by atoms with E-state index in [1.165, 1.54) is 12.1 Å². The number of fused-ring (bicyclic) bond motifs is 1. The van der Waals surface area contributed by atoms with E-state index in [1.54, 1.807) is 12.1 Å². The first-order valence-corrected chi connectivity index (χ1v) is 7.38. The number of allylic oxidation sites excluding steroid dienone is 2. The summed E-state index contributed by atoms with van der Waals surface area (Å²) < 4.78 is 50.5. The normalized spacial score (nSPS) is 13.5. The van der Waals surface area contributed by atoms with Crippen molar-refractivity contribution in [2.24, 2.45) is 0 Å². The van der Waals surface area contributed by atoms with Crippen molar-refractivity contribution in [1.82, 2.24) is 0 Å². The van der Waals surface area contributed by atoms with Crippen molar-refractivity contribution in [2.45, 2.75) is 13.1 Å². The number of nitrogens with zero attached hydrogens (tertiary/aromatic N) is 1. The molecule has 0 aliphatic carbocycles. The molecule has 0 bridgehead atoms. The Labute approximate surface area is 146 Å². The zero-order valence-corrected chi connectivity index (χ0v) is 13.5. The van der Waals surface area contributed by atoms with E-state index in [0.717, 1.165) is 23.3 Å². The van der Waals surface area contributed by atoms with Gasteiger partial charge in [0, 0.05) is 23.8 Å². The summed E-state index contributed by atoms with van der Waals surface area (Å²) >= 11 is 0. The van der Waals surface area contributed by atoms with Gasteiger partial charge in [0.2, 0.25) is 0 Å². The molecule has 0 fully saturated rings. The van der Waals surface area contributed by atoms with Crippen molar-refractivity contribution < 1.29 is 27.6 Å². The molecule has 0 radical (unpaired) electrons. The number of halogens is 3. The summed E-state index contributed by atoms with van der Waals surface area (Å²) in [5.74, 6) is 0.372. The maximum absolute atomic E-state index is 13.2. The quantitative estimate of drug-likeness (QED) is 0.517. The largest absolute Gasteiger partial charge is 0.457 e. The van der Waals surface area contributed by atoms with Crippen LogP contribution in [-0.2, 0) is 6.18 Å². The minimum atomic E-state index is -4.81. The summed E-state index contributed by atoms with van der Waals surface area (Å²) in [6.07, 6.45) is -3.07. The number of ether oxygens (including phenoxy) is 2. The van der Waals surface area contributed by atoms with Gasteiger partial charge < -0.3 is 9.47 Å². The third-order valence-corrected chi connectivity index (χ3v) is 3.70. The van der Waals surface area contributed by atoms with Crippen LogP contribution in [0.15, 0.2) is 54.8 Å². The fourth-order valence-corrected chi connectivity index (χ4v) is 2.54. The topological polar surface area (TPSA) is 61.6 Å². The van der Waals surface area contributed by atoms with E-state index < -0.39 is 28.1 Å². The molecule has 134 valence electrons. The van der Waals surface area contributed by atoms with Gasteiger partial charge in [0.25, 0.3) is 5.69 Å². The van der Waals surface area contributed by atoms with Crippen LogP contribution < -0.4 is 9.47 Å². The second kappa shape index (κ2) is 6.21. The monoisotopic (exact) mass is 363 g/mol. The number of hydrogen-bond donors (Lipinski definition) is 0. The summed E-state index contributed by atoms with van der Waals surface area (Å²) in [7, 11) is 0. The molecule has 5 nitrogen and oxygen atoms in total. The van der Waals surface area contributed by atoms with Gasteiger partial charge in [-0.15, -0.1) is 0 Å². The lowest BCUT2D eigenvalue weighted by atomic mass is 10.0. The fourth-order valence-electron chi connectivity index (χ4n) is 2.54. The summed E-state index contributed by atoms with van der Waals surface area (Å²) in [5.41, 5.74) is -0.236. The van der Waals surface area contributed by atoms with Gasteiger partial charge in [-0.25, -0.2) is 0 Å². The SMILES string of the molecule is C=C1C=C(C)c2ccc(Oc3ccc([N+](=O)[O-])cc3C(F)(F)F)cc2O1. The Bertz CT molecular complexity index is 948. The summed E-state index contributed by atoms with van der Waals surface area (Å²) in [4.78, 5) is 9.84. The number of non-ortho nitro benzene ring substituents is 1. The van der Waals surface area contributed by atoms with E-state index in [4.69, 9.17) is 9.47 Å². The number of hydrogen-bond acceptors (Lipinski definition) is 4. The fraction of sp³-hybridized carbons (Fsp3) is 0.111. The molecule has 1 aliphatic heterocycles. The maximum atomic E-state index is 13.2. The van der Waals surface area contributed by atoms with E-state index >= 15 is 0 Å². The Morgan fingerprint density at radius 3 is 2.58 bits per heavy atom. The minimum absolute atomic E-state index is 0.102. The average molecular weight is 363 g/mol. The van der Waals surface area contributed by atoms with Crippen LogP contribution in [0.25, 0.3) is 5.57 Å². The van der Waals surface area contributed by atoms with Crippen LogP contribution in [0, 0.1) is 10.1 Å². The number of nitro groups is 1. The average Bonchev–Trinajstić information content (AvgIpc) is 2.53. The van der Waals surface area contributed by atoms with Gasteiger partial charge in [-0.2, -0.15) is 13.2 Å². The molecule has 1 aliphatic rings. The first-order valence-electron chi connectivity index (χ1n) is 7.38. The third-order valence-electron chi connectivity index (χ3n) is 3.70. The standard InChI is InChI=1S/C18H12F3NO4/c1-10-7-11(2)25-17-9-13(4-5-14(10)17)26-16-6-3-12(22(23)24)8-15(16)18(19,20)21/h3-9H,2H2,1H3. The molecular weight excluding hydrogens is 351 g/mol. The predicted octanol–water partition coefficient (Wildman–Crippen LogP) is 5.72. The predicted molar refractivity (Wildman–Crippen MR) is 88.0 cm³/mol. The van der Waals surface area contributed by atoms with Crippen molar-refractivity contribution in [3.8, 4) is 17.2 Å². The number of rotatable bonds is 3. The zero-order valence-electron chi connectivity index (χ0n) is 13.5. The van der Waals surface area contributed by atoms with Crippen molar-refractivity contribution >= 4 is 11.3 Å². The Kier molecular flexibility index (Phi) is 4.19. The van der Waals surface area contributed by atoms with Crippen LogP contribution in [-0.4, -0.2) is 4.92 Å². The van der Waals surface area contributed by atoms with Crippen molar-refractivity contribution in [1.29, 1.82) is 0 Å². The van der Waals surface area contributed by atoms with Crippen LogP contribution >= 0.6 is 0 Å². The van der Waals surface area contributed by atoms with Crippen molar-refractivity contribution in [3.05, 3.63) is 76.1 Å². The molecule has 0 saturated heterocycles. The Morgan fingerprint density at radius 2 is 1.92 bits per heavy atom. The highest BCUT2D eigenvalue weighted by Crippen LogP contribution is 2.42. The molecule has 0 amide bonds. The van der Waals surface area contributed by atoms with Gasteiger partial charge in [0.15, 0.2) is 0 Å². The van der Waals surface area contributed by atoms with Gasteiger partial charge in [-0.05, 0) is 36.8 Å². The molecule has 0 N–H and O–H groups in total. The third kappa shape index (κ3) is 3.39. The Hall–Kier alpha value is -3.29. The van der Waals surface area contributed by atoms with Gasteiger partial charge in [0.1, 0.15) is 28.6 Å². The highest BCUT2D eigenvalue weighted by molar-refractivity contribution is 5.74. The molecule has 26 heavy (non-hydrogen) atoms. The molecule has 3 rings (SSSR count). The molecule has 0 unspecified atom stereocenters. The lowest BCUT2D eigenvalue weighted by Gasteiger charge is -2.19. The van der Waals surface area contributed by atoms with Crippen LogP contribution in [0.2, 0.25) is 0 Å². The molecular formula is C18H12F3NO4. The highest BCUT2D eigenvalue weighted by atomic mass is 19.4.